The molecule has 1 saturated heterocycles. The smallest absolute Gasteiger partial charge is 0.412 e. The first-order chi connectivity index (χ1) is 18.6. The zero-order valence-electron chi connectivity index (χ0n) is 21.7. The number of halogens is 1. The van der Waals surface area contributed by atoms with Crippen molar-refractivity contribution in [2.24, 2.45) is 0 Å². The Morgan fingerprint density at radius 3 is 2.46 bits per heavy atom. The highest BCUT2D eigenvalue weighted by Crippen LogP contribution is 2.35. The van der Waals surface area contributed by atoms with Gasteiger partial charge in [-0.15, -0.1) is 0 Å². The number of hydrogen-bond donors (Lipinski definition) is 2. The molecule has 2 atom stereocenters. The van der Waals surface area contributed by atoms with Gasteiger partial charge in [-0.3, -0.25) is 14.6 Å². The molecule has 0 saturated carbocycles. The Kier molecular flexibility index (Phi) is 10.8. The molecule has 4 rings (SSSR count). The van der Waals surface area contributed by atoms with Crippen molar-refractivity contribution >= 4 is 53.1 Å². The van der Waals surface area contributed by atoms with Gasteiger partial charge in [-0.2, -0.15) is 11.8 Å². The van der Waals surface area contributed by atoms with Gasteiger partial charge in [-0.05, 0) is 37.6 Å². The number of carboxylic acids is 1. The van der Waals surface area contributed by atoms with E-state index < -0.39 is 30.2 Å². The summed E-state index contributed by atoms with van der Waals surface area (Å²) in [5.74, 6) is -0.663. The Balaban J connectivity index is 0.000000298. The van der Waals surface area contributed by atoms with E-state index in [1.165, 1.54) is 30.4 Å². The van der Waals surface area contributed by atoms with Gasteiger partial charge in [-0.25, -0.2) is 24.5 Å². The third-order valence-corrected chi connectivity index (χ3v) is 6.70. The van der Waals surface area contributed by atoms with E-state index in [4.69, 9.17) is 21.4 Å². The molecule has 4 heterocycles. The normalized spacial score (nSPS) is 17.5. The molecule has 0 bridgehead atoms. The lowest BCUT2D eigenvalue weighted by Crippen LogP contribution is -2.48. The first-order valence-electron chi connectivity index (χ1n) is 12.0. The van der Waals surface area contributed by atoms with Gasteiger partial charge < -0.3 is 25.0 Å². The molecule has 210 valence electrons. The number of fused-ring (bicyclic) bond motifs is 1. The maximum atomic E-state index is 12.8. The van der Waals surface area contributed by atoms with E-state index in [0.717, 1.165) is 18.8 Å². The van der Waals surface area contributed by atoms with Crippen LogP contribution in [0.5, 0.6) is 0 Å². The van der Waals surface area contributed by atoms with Crippen LogP contribution in [0.4, 0.5) is 10.6 Å². The van der Waals surface area contributed by atoms with Crippen LogP contribution in [0.3, 0.4) is 0 Å². The Bertz CT molecular complexity index is 1180. The number of ether oxygens (including phenoxy) is 1. The molecular formula is C24H30ClN7O6S. The van der Waals surface area contributed by atoms with Crippen LogP contribution in [0.25, 0.3) is 0 Å². The molecule has 2 aromatic heterocycles. The number of nitrogens with one attached hydrogen (secondary N) is 1. The number of carbonyl (C=O) groups excluding carboxylic acids is 3. The van der Waals surface area contributed by atoms with E-state index in [-0.39, 0.29) is 11.6 Å². The number of hydrogen-bond acceptors (Lipinski definition) is 10. The largest absolute Gasteiger partial charge is 0.480 e. The third-order valence-electron chi connectivity index (χ3n) is 5.84. The number of rotatable bonds is 7. The summed E-state index contributed by atoms with van der Waals surface area (Å²) in [5, 5.41) is 11.4. The van der Waals surface area contributed by atoms with E-state index >= 15 is 0 Å². The van der Waals surface area contributed by atoms with E-state index in [1.807, 2.05) is 13.3 Å². The van der Waals surface area contributed by atoms with Gasteiger partial charge in [0.2, 0.25) is 12.1 Å². The number of pyridine rings is 1. The molecule has 1 fully saturated rings. The lowest BCUT2D eigenvalue weighted by Gasteiger charge is -2.33. The van der Waals surface area contributed by atoms with E-state index in [9.17, 15) is 19.2 Å². The van der Waals surface area contributed by atoms with Crippen LogP contribution in [0.2, 0.25) is 5.02 Å². The van der Waals surface area contributed by atoms with Gasteiger partial charge in [0.25, 0.3) is 5.91 Å². The number of nitrogens with zero attached hydrogens (tertiary/aromatic N) is 6. The number of thioether (sulfide) groups is 1. The standard InChI is InChI=1S/C17H17ClN6O3.C7H13NO3S/c1-22-6-8-23(9-7-22)17(26)27-16-14-13(19-4-5-20-14)15(25)24(16)12-3-2-11(18)10-21-12;1-5(9)8-6(7(10)11)3-4-12-2/h2-5,10,16H,6-9H2,1H3;6H,3-4H2,1-2H3,(H,8,9)(H,10,11)/t16-;6-/m00/s1. The van der Waals surface area contributed by atoms with E-state index in [1.54, 1.807) is 28.8 Å². The van der Waals surface area contributed by atoms with Crippen molar-refractivity contribution in [1.82, 2.24) is 30.1 Å². The maximum absolute atomic E-state index is 12.8. The van der Waals surface area contributed by atoms with Gasteiger partial charge in [0, 0.05) is 51.7 Å². The van der Waals surface area contributed by atoms with Crippen LogP contribution in [0, 0.1) is 0 Å². The van der Waals surface area contributed by atoms with Crippen molar-refractivity contribution < 1.29 is 29.0 Å². The Hall–Kier alpha value is -3.49. The lowest BCUT2D eigenvalue weighted by molar-refractivity contribution is -0.141. The second-order valence-corrected chi connectivity index (χ2v) is 10.1. The van der Waals surface area contributed by atoms with Crippen LogP contribution >= 0.6 is 23.4 Å². The summed E-state index contributed by atoms with van der Waals surface area (Å²) in [6.07, 6.45) is 5.15. The van der Waals surface area contributed by atoms with E-state index in [2.05, 4.69) is 25.2 Å². The van der Waals surface area contributed by atoms with Crippen LogP contribution in [0.15, 0.2) is 30.7 Å². The minimum atomic E-state index is -1.03. The summed E-state index contributed by atoms with van der Waals surface area (Å²) >= 11 is 7.45. The summed E-state index contributed by atoms with van der Waals surface area (Å²) in [5.41, 5.74) is 0.437. The molecule has 3 amide bonds. The number of carboxylic acid groups (broad SMARTS) is 1. The first-order valence-corrected chi connectivity index (χ1v) is 13.8. The van der Waals surface area contributed by atoms with Gasteiger partial charge in [-0.1, -0.05) is 11.6 Å². The number of amides is 3. The Morgan fingerprint density at radius 2 is 1.87 bits per heavy atom. The number of anilines is 1. The van der Waals surface area contributed by atoms with Gasteiger partial charge in [0.05, 0.1) is 5.02 Å². The highest BCUT2D eigenvalue weighted by Gasteiger charge is 2.44. The molecule has 0 unspecified atom stereocenters. The lowest BCUT2D eigenvalue weighted by atomic mass is 10.2. The minimum Gasteiger partial charge on any atom is -0.480 e. The summed E-state index contributed by atoms with van der Waals surface area (Å²) in [7, 11) is 2.00. The maximum Gasteiger partial charge on any atom is 0.412 e. The highest BCUT2D eigenvalue weighted by molar-refractivity contribution is 7.98. The SMILES string of the molecule is CN1CCN(C(=O)O[C@H]2c3nccnc3C(=O)N2c2ccc(Cl)cn2)CC1.CSCC[C@H](NC(C)=O)C(=O)O. The van der Waals surface area contributed by atoms with Crippen molar-refractivity contribution in [2.45, 2.75) is 25.6 Å². The summed E-state index contributed by atoms with van der Waals surface area (Å²) in [6, 6.07) is 2.46. The van der Waals surface area contributed by atoms with Gasteiger partial charge >= 0.3 is 12.1 Å². The second kappa shape index (κ2) is 14.1. The molecule has 0 spiro atoms. The molecule has 15 heteroatoms. The molecule has 2 aliphatic heterocycles. The molecule has 2 aliphatic rings. The monoisotopic (exact) mass is 579 g/mol. The second-order valence-electron chi connectivity index (χ2n) is 8.70. The predicted octanol–water partition coefficient (Wildman–Crippen LogP) is 1.90. The summed E-state index contributed by atoms with van der Waals surface area (Å²) in [6.45, 7) is 3.95. The Labute approximate surface area is 234 Å². The fourth-order valence-corrected chi connectivity index (χ4v) is 4.36. The Morgan fingerprint density at radius 1 is 1.18 bits per heavy atom. The number of carbonyl (C=O) groups is 4. The summed E-state index contributed by atoms with van der Waals surface area (Å²) in [4.78, 5) is 64.1. The van der Waals surface area contributed by atoms with Gasteiger partial charge in [0.15, 0.2) is 5.69 Å². The van der Waals surface area contributed by atoms with Crippen molar-refractivity contribution in [1.29, 1.82) is 0 Å². The molecular weight excluding hydrogens is 550 g/mol. The molecule has 2 aromatic rings. The number of likely N-dealkylation sites (N-methyl/N-ethyl adjacent to an activating group) is 1. The van der Waals surface area contributed by atoms with E-state index in [0.29, 0.717) is 36.0 Å². The molecule has 39 heavy (non-hydrogen) atoms. The molecule has 2 N–H and O–H groups in total. The predicted molar refractivity (Wildman–Crippen MR) is 145 cm³/mol. The van der Waals surface area contributed by atoms with Crippen molar-refractivity contribution in [2.75, 3.05) is 50.1 Å². The molecule has 0 radical (unpaired) electrons. The zero-order valence-corrected chi connectivity index (χ0v) is 23.3. The fourth-order valence-electron chi connectivity index (χ4n) is 3.78. The van der Waals surface area contributed by atoms with Crippen LogP contribution < -0.4 is 10.2 Å². The highest BCUT2D eigenvalue weighted by atomic mass is 35.5. The average molecular weight is 580 g/mol. The molecule has 0 aliphatic carbocycles. The first kappa shape index (κ1) is 30.1. The van der Waals surface area contributed by atoms with Crippen LogP contribution in [-0.4, -0.2) is 105 Å². The quantitative estimate of drug-likeness (QED) is 0.493. The third kappa shape index (κ3) is 8.00. The van der Waals surface area contributed by atoms with Crippen LogP contribution in [0.1, 0.15) is 35.8 Å². The number of aliphatic carboxylic acids is 1. The fraction of sp³-hybridized carbons (Fsp3) is 0.458. The van der Waals surface area contributed by atoms with Crippen LogP contribution in [-0.2, 0) is 14.3 Å². The minimum absolute atomic E-state index is 0.144. The zero-order chi connectivity index (χ0) is 28.5. The molecule has 13 nitrogen and oxygen atoms in total. The topological polar surface area (TPSA) is 158 Å². The van der Waals surface area contributed by atoms with Gasteiger partial charge in [0.1, 0.15) is 17.6 Å². The summed E-state index contributed by atoms with van der Waals surface area (Å²) < 4.78 is 5.68. The van der Waals surface area contributed by atoms with Crippen molar-refractivity contribution in [3.8, 4) is 0 Å². The number of piperazine rings is 1. The van der Waals surface area contributed by atoms with Crippen molar-refractivity contribution in [3.05, 3.63) is 47.1 Å². The average Bonchev–Trinajstić information content (AvgIpc) is 3.18. The molecule has 0 aromatic carbocycles. The van der Waals surface area contributed by atoms with Crippen molar-refractivity contribution in [3.63, 3.8) is 0 Å². The number of aromatic nitrogens is 3.